The molecule has 1 saturated carbocycles. The van der Waals surface area contributed by atoms with Gasteiger partial charge in [-0.25, -0.2) is 8.78 Å². The predicted molar refractivity (Wildman–Crippen MR) is 48.0 cm³/mol. The summed E-state index contributed by atoms with van der Waals surface area (Å²) in [4.78, 5) is 11.6. The van der Waals surface area contributed by atoms with Gasteiger partial charge in [-0.15, -0.1) is 0 Å². The SMILES string of the molecule is CC1CC1C(=O)c1cc(F)ccc1F. The van der Waals surface area contributed by atoms with Gasteiger partial charge in [0, 0.05) is 5.92 Å². The number of carbonyl (C=O) groups excluding carboxylic acids is 1. The van der Waals surface area contributed by atoms with Gasteiger partial charge in [-0.2, -0.15) is 0 Å². The topological polar surface area (TPSA) is 17.1 Å². The molecule has 0 heterocycles. The lowest BCUT2D eigenvalue weighted by atomic mass is 10.1. The summed E-state index contributed by atoms with van der Waals surface area (Å²) in [6.45, 7) is 1.93. The summed E-state index contributed by atoms with van der Waals surface area (Å²) in [5, 5.41) is 0. The van der Waals surface area contributed by atoms with Crippen molar-refractivity contribution in [3.63, 3.8) is 0 Å². The maximum atomic E-state index is 13.1. The van der Waals surface area contributed by atoms with Crippen molar-refractivity contribution in [3.8, 4) is 0 Å². The van der Waals surface area contributed by atoms with Gasteiger partial charge in [-0.05, 0) is 30.5 Å². The van der Waals surface area contributed by atoms with E-state index in [0.29, 0.717) is 5.92 Å². The number of halogens is 2. The van der Waals surface area contributed by atoms with E-state index in [2.05, 4.69) is 0 Å². The minimum Gasteiger partial charge on any atom is -0.294 e. The summed E-state index contributed by atoms with van der Waals surface area (Å²) in [5.41, 5.74) is -0.112. The Labute approximate surface area is 80.7 Å². The third kappa shape index (κ3) is 1.54. The average Bonchev–Trinajstić information content (AvgIpc) is 2.86. The summed E-state index contributed by atoms with van der Waals surface area (Å²) in [7, 11) is 0. The number of benzene rings is 1. The molecule has 1 aromatic carbocycles. The summed E-state index contributed by atoms with van der Waals surface area (Å²) < 4.78 is 25.9. The van der Waals surface area contributed by atoms with Gasteiger partial charge >= 0.3 is 0 Å². The first-order valence-electron chi connectivity index (χ1n) is 4.59. The van der Waals surface area contributed by atoms with Crippen LogP contribution in [0.1, 0.15) is 23.7 Å². The van der Waals surface area contributed by atoms with Crippen LogP contribution in [-0.2, 0) is 0 Å². The molecular weight excluding hydrogens is 186 g/mol. The van der Waals surface area contributed by atoms with E-state index >= 15 is 0 Å². The van der Waals surface area contributed by atoms with E-state index in [9.17, 15) is 13.6 Å². The lowest BCUT2D eigenvalue weighted by Crippen LogP contribution is -2.06. The van der Waals surface area contributed by atoms with Crippen LogP contribution in [-0.4, -0.2) is 5.78 Å². The molecule has 14 heavy (non-hydrogen) atoms. The van der Waals surface area contributed by atoms with E-state index in [-0.39, 0.29) is 17.3 Å². The molecule has 1 fully saturated rings. The van der Waals surface area contributed by atoms with Gasteiger partial charge in [-0.3, -0.25) is 4.79 Å². The fourth-order valence-electron chi connectivity index (χ4n) is 1.57. The Morgan fingerprint density at radius 1 is 1.43 bits per heavy atom. The Kier molecular flexibility index (Phi) is 2.10. The van der Waals surface area contributed by atoms with Crippen LogP contribution in [0.5, 0.6) is 0 Å². The van der Waals surface area contributed by atoms with Crippen molar-refractivity contribution >= 4 is 5.78 Å². The quantitative estimate of drug-likeness (QED) is 0.665. The molecule has 1 nitrogen and oxygen atoms in total. The molecule has 1 aliphatic rings. The molecule has 1 aliphatic carbocycles. The zero-order valence-electron chi connectivity index (χ0n) is 7.76. The maximum absolute atomic E-state index is 13.1. The van der Waals surface area contributed by atoms with Crippen molar-refractivity contribution in [2.45, 2.75) is 13.3 Å². The molecule has 0 aromatic heterocycles. The van der Waals surface area contributed by atoms with Crippen molar-refractivity contribution in [2.75, 3.05) is 0 Å². The second-order valence-corrected chi connectivity index (χ2v) is 3.81. The molecule has 0 saturated heterocycles. The fraction of sp³-hybridized carbons (Fsp3) is 0.364. The predicted octanol–water partition coefficient (Wildman–Crippen LogP) is 2.80. The van der Waals surface area contributed by atoms with E-state index in [1.54, 1.807) is 0 Å². The van der Waals surface area contributed by atoms with E-state index in [1.807, 2.05) is 6.92 Å². The van der Waals surface area contributed by atoms with Crippen LogP contribution >= 0.6 is 0 Å². The van der Waals surface area contributed by atoms with Crippen LogP contribution in [0, 0.1) is 23.5 Å². The van der Waals surface area contributed by atoms with Crippen LogP contribution in [0.2, 0.25) is 0 Å². The molecule has 2 rings (SSSR count). The molecule has 0 radical (unpaired) electrons. The van der Waals surface area contributed by atoms with Crippen molar-refractivity contribution in [3.05, 3.63) is 35.4 Å². The summed E-state index contributed by atoms with van der Waals surface area (Å²) in [5.74, 6) is -1.26. The Bertz CT molecular complexity index is 387. The second-order valence-electron chi connectivity index (χ2n) is 3.81. The van der Waals surface area contributed by atoms with Crippen molar-refractivity contribution < 1.29 is 13.6 Å². The van der Waals surface area contributed by atoms with E-state index in [1.165, 1.54) is 0 Å². The van der Waals surface area contributed by atoms with Gasteiger partial charge in [0.05, 0.1) is 5.56 Å². The Morgan fingerprint density at radius 2 is 2.07 bits per heavy atom. The standard InChI is InChI=1S/C11H10F2O/c1-6-4-8(6)11(14)9-5-7(12)2-3-10(9)13/h2-3,5-6,8H,4H2,1H3. The first-order valence-corrected chi connectivity index (χ1v) is 4.59. The van der Waals surface area contributed by atoms with Gasteiger partial charge in [-0.1, -0.05) is 6.92 Å². The van der Waals surface area contributed by atoms with Crippen molar-refractivity contribution in [1.29, 1.82) is 0 Å². The summed E-state index contributed by atoms with van der Waals surface area (Å²) >= 11 is 0. The fourth-order valence-corrected chi connectivity index (χ4v) is 1.57. The lowest BCUT2D eigenvalue weighted by molar-refractivity contribution is 0.0958. The monoisotopic (exact) mass is 196 g/mol. The molecule has 3 heteroatoms. The zero-order valence-corrected chi connectivity index (χ0v) is 7.76. The maximum Gasteiger partial charge on any atom is 0.169 e. The number of hydrogen-bond acceptors (Lipinski definition) is 1. The van der Waals surface area contributed by atoms with Gasteiger partial charge in [0.15, 0.2) is 5.78 Å². The Morgan fingerprint density at radius 3 is 2.64 bits per heavy atom. The third-order valence-corrected chi connectivity index (χ3v) is 2.64. The highest BCUT2D eigenvalue weighted by atomic mass is 19.1. The number of Topliss-reactive ketones (excluding diaryl/α,β-unsaturated/α-hetero) is 1. The minimum atomic E-state index is -0.629. The van der Waals surface area contributed by atoms with Gasteiger partial charge < -0.3 is 0 Å². The first-order chi connectivity index (χ1) is 6.59. The lowest BCUT2D eigenvalue weighted by Gasteiger charge is -2.00. The molecule has 0 amide bonds. The average molecular weight is 196 g/mol. The summed E-state index contributed by atoms with van der Waals surface area (Å²) in [6, 6.07) is 2.99. The molecule has 1 aromatic rings. The van der Waals surface area contributed by atoms with Crippen LogP contribution in [0.25, 0.3) is 0 Å². The highest BCUT2D eigenvalue weighted by Gasteiger charge is 2.40. The van der Waals surface area contributed by atoms with Gasteiger partial charge in [0.25, 0.3) is 0 Å². The zero-order chi connectivity index (χ0) is 10.3. The van der Waals surface area contributed by atoms with Crippen molar-refractivity contribution in [2.24, 2.45) is 11.8 Å². The molecule has 2 atom stereocenters. The molecular formula is C11H10F2O. The smallest absolute Gasteiger partial charge is 0.169 e. The van der Waals surface area contributed by atoms with Gasteiger partial charge in [0.1, 0.15) is 11.6 Å². The van der Waals surface area contributed by atoms with Crippen LogP contribution in [0.15, 0.2) is 18.2 Å². The number of rotatable bonds is 2. The van der Waals surface area contributed by atoms with Gasteiger partial charge in [0.2, 0.25) is 0 Å². The summed E-state index contributed by atoms with van der Waals surface area (Å²) in [6.07, 6.45) is 0.786. The molecule has 0 aliphatic heterocycles. The Hall–Kier alpha value is -1.25. The van der Waals surface area contributed by atoms with Crippen LogP contribution in [0.4, 0.5) is 8.78 Å². The third-order valence-electron chi connectivity index (χ3n) is 2.64. The highest BCUT2D eigenvalue weighted by molar-refractivity contribution is 5.99. The largest absolute Gasteiger partial charge is 0.294 e. The number of hydrogen-bond donors (Lipinski definition) is 0. The Balaban J connectivity index is 2.31. The van der Waals surface area contributed by atoms with Crippen molar-refractivity contribution in [1.82, 2.24) is 0 Å². The molecule has 0 spiro atoms. The highest BCUT2D eigenvalue weighted by Crippen LogP contribution is 2.40. The van der Waals surface area contributed by atoms with E-state index in [4.69, 9.17) is 0 Å². The van der Waals surface area contributed by atoms with E-state index < -0.39 is 11.6 Å². The van der Waals surface area contributed by atoms with E-state index in [0.717, 1.165) is 24.6 Å². The molecule has 74 valence electrons. The van der Waals surface area contributed by atoms with Crippen LogP contribution in [0.3, 0.4) is 0 Å². The number of ketones is 1. The molecule has 2 unspecified atom stereocenters. The number of carbonyl (C=O) groups is 1. The second kappa shape index (κ2) is 3.15. The first kappa shape index (κ1) is 9.31. The normalized spacial score (nSPS) is 24.8. The molecule has 0 bridgehead atoms. The molecule has 0 N–H and O–H groups in total. The van der Waals surface area contributed by atoms with Crippen LogP contribution < -0.4 is 0 Å². The minimum absolute atomic E-state index is 0.105.